The van der Waals surface area contributed by atoms with E-state index in [1.54, 1.807) is 30.3 Å². The minimum atomic E-state index is -1.50. The predicted molar refractivity (Wildman–Crippen MR) is 61.1 cm³/mol. The molecule has 0 radical (unpaired) electrons. The van der Waals surface area contributed by atoms with Gasteiger partial charge in [-0.1, -0.05) is 18.2 Å². The largest absolute Gasteiger partial charge is 0.481 e. The molecule has 1 unspecified atom stereocenters. The fourth-order valence-corrected chi connectivity index (χ4v) is 2.41. The van der Waals surface area contributed by atoms with Crippen LogP contribution < -0.4 is 0 Å². The smallest absolute Gasteiger partial charge is 0.317 e. The van der Waals surface area contributed by atoms with Gasteiger partial charge in [-0.3, -0.25) is 13.8 Å². The number of hydrogen-bond acceptors (Lipinski definition) is 3. The summed E-state index contributed by atoms with van der Waals surface area (Å²) >= 11 is 0. The molecule has 6 heteroatoms. The van der Waals surface area contributed by atoms with Gasteiger partial charge in [0, 0.05) is 10.6 Å². The lowest BCUT2D eigenvalue weighted by Crippen LogP contribution is -2.25. The molecular formula is C11H12O5S. The Bertz CT molecular complexity index is 415. The summed E-state index contributed by atoms with van der Waals surface area (Å²) in [6, 6.07) is 8.54. The molecule has 0 spiro atoms. The number of benzene rings is 1. The van der Waals surface area contributed by atoms with Gasteiger partial charge < -0.3 is 10.2 Å². The van der Waals surface area contributed by atoms with Crippen LogP contribution in [0.2, 0.25) is 0 Å². The van der Waals surface area contributed by atoms with Crippen LogP contribution in [0.15, 0.2) is 35.2 Å². The molecule has 0 aliphatic rings. The maximum absolute atomic E-state index is 11.7. The lowest BCUT2D eigenvalue weighted by Gasteiger charge is -2.06. The third kappa shape index (κ3) is 3.99. The first-order valence-corrected chi connectivity index (χ1v) is 6.23. The van der Waals surface area contributed by atoms with E-state index in [1.807, 2.05) is 0 Å². The Morgan fingerprint density at radius 2 is 1.65 bits per heavy atom. The van der Waals surface area contributed by atoms with Gasteiger partial charge in [-0.15, -0.1) is 0 Å². The van der Waals surface area contributed by atoms with Crippen molar-refractivity contribution in [2.45, 2.75) is 11.3 Å². The summed E-state index contributed by atoms with van der Waals surface area (Å²) in [5.41, 5.74) is 0. The molecule has 0 amide bonds. The van der Waals surface area contributed by atoms with E-state index in [0.29, 0.717) is 4.90 Å². The summed E-state index contributed by atoms with van der Waals surface area (Å²) in [6.45, 7) is 0. The van der Waals surface area contributed by atoms with Crippen molar-refractivity contribution in [3.8, 4) is 0 Å². The highest BCUT2D eigenvalue weighted by Crippen LogP contribution is 2.11. The van der Waals surface area contributed by atoms with E-state index in [1.165, 1.54) is 0 Å². The van der Waals surface area contributed by atoms with Gasteiger partial charge >= 0.3 is 11.9 Å². The summed E-state index contributed by atoms with van der Waals surface area (Å²) in [7, 11) is -1.36. The second kappa shape index (κ2) is 6.15. The van der Waals surface area contributed by atoms with E-state index in [-0.39, 0.29) is 12.2 Å². The van der Waals surface area contributed by atoms with Crippen LogP contribution in [0.5, 0.6) is 0 Å². The van der Waals surface area contributed by atoms with Crippen LogP contribution >= 0.6 is 0 Å². The summed E-state index contributed by atoms with van der Waals surface area (Å²) in [5.74, 6) is -4.28. The van der Waals surface area contributed by atoms with E-state index in [2.05, 4.69) is 0 Å². The minimum Gasteiger partial charge on any atom is -0.481 e. The van der Waals surface area contributed by atoms with Crippen LogP contribution in [0, 0.1) is 5.92 Å². The maximum atomic E-state index is 11.7. The van der Waals surface area contributed by atoms with E-state index in [9.17, 15) is 13.8 Å². The molecular weight excluding hydrogens is 244 g/mol. The van der Waals surface area contributed by atoms with Gasteiger partial charge in [0.2, 0.25) is 0 Å². The second-order valence-corrected chi connectivity index (χ2v) is 4.95. The number of carboxylic acids is 2. The van der Waals surface area contributed by atoms with Gasteiger partial charge in [-0.25, -0.2) is 0 Å². The number of hydrogen-bond donors (Lipinski definition) is 2. The van der Waals surface area contributed by atoms with E-state index in [0.717, 1.165) is 0 Å². The lowest BCUT2D eigenvalue weighted by molar-refractivity contribution is -0.154. The van der Waals surface area contributed by atoms with E-state index >= 15 is 0 Å². The molecule has 0 saturated carbocycles. The molecule has 0 aliphatic heterocycles. The molecule has 0 bridgehead atoms. The monoisotopic (exact) mass is 256 g/mol. The molecule has 0 fully saturated rings. The summed E-state index contributed by atoms with van der Waals surface area (Å²) in [5, 5.41) is 17.3. The van der Waals surface area contributed by atoms with Gasteiger partial charge in [0.25, 0.3) is 0 Å². The Hall–Kier alpha value is -1.69. The third-order valence-electron chi connectivity index (χ3n) is 2.19. The predicted octanol–water partition coefficient (Wildman–Crippen LogP) is 0.970. The zero-order chi connectivity index (χ0) is 12.8. The van der Waals surface area contributed by atoms with Crippen molar-refractivity contribution in [2.24, 2.45) is 5.92 Å². The van der Waals surface area contributed by atoms with Crippen LogP contribution in [0.3, 0.4) is 0 Å². The van der Waals surface area contributed by atoms with E-state index < -0.39 is 28.7 Å². The lowest BCUT2D eigenvalue weighted by atomic mass is 10.1. The molecule has 5 nitrogen and oxygen atoms in total. The zero-order valence-electron chi connectivity index (χ0n) is 8.91. The highest BCUT2D eigenvalue weighted by Gasteiger charge is 2.26. The van der Waals surface area contributed by atoms with Crippen molar-refractivity contribution in [3.63, 3.8) is 0 Å². The average molecular weight is 256 g/mol. The Morgan fingerprint density at radius 3 is 2.12 bits per heavy atom. The quantitative estimate of drug-likeness (QED) is 0.740. The van der Waals surface area contributed by atoms with Crippen molar-refractivity contribution in [2.75, 3.05) is 5.75 Å². The molecule has 1 rings (SSSR count). The molecule has 1 atom stereocenters. The van der Waals surface area contributed by atoms with Crippen LogP contribution in [0.4, 0.5) is 0 Å². The molecule has 0 aliphatic carbocycles. The van der Waals surface area contributed by atoms with Gasteiger partial charge in [0.15, 0.2) is 5.92 Å². The van der Waals surface area contributed by atoms with Gasteiger partial charge in [0.1, 0.15) is 0 Å². The number of carbonyl (C=O) groups is 2. The Morgan fingerprint density at radius 1 is 1.12 bits per heavy atom. The van der Waals surface area contributed by atoms with Crippen molar-refractivity contribution >= 4 is 22.7 Å². The Labute approximate surface area is 101 Å². The summed E-state index contributed by atoms with van der Waals surface area (Å²) < 4.78 is 11.7. The Balaban J connectivity index is 2.59. The van der Waals surface area contributed by atoms with E-state index in [4.69, 9.17) is 10.2 Å². The van der Waals surface area contributed by atoms with Crippen LogP contribution in [-0.4, -0.2) is 32.1 Å². The fourth-order valence-electron chi connectivity index (χ4n) is 1.27. The van der Waals surface area contributed by atoms with Crippen molar-refractivity contribution in [1.82, 2.24) is 0 Å². The molecule has 92 valence electrons. The fraction of sp³-hybridized carbons (Fsp3) is 0.273. The highest BCUT2D eigenvalue weighted by molar-refractivity contribution is 7.85. The number of aliphatic carboxylic acids is 2. The first-order chi connectivity index (χ1) is 8.02. The molecule has 1 aromatic rings. The topological polar surface area (TPSA) is 91.7 Å². The minimum absolute atomic E-state index is 0.0211. The van der Waals surface area contributed by atoms with Gasteiger partial charge in [0.05, 0.1) is 10.8 Å². The van der Waals surface area contributed by atoms with Gasteiger partial charge in [-0.05, 0) is 18.6 Å². The maximum Gasteiger partial charge on any atom is 0.317 e. The molecule has 0 saturated heterocycles. The standard InChI is InChI=1S/C11H12O5S/c12-10(13)9(11(14)15)6-7-17(16)8-4-2-1-3-5-8/h1-5,9H,6-7H2,(H,12,13)(H,14,15). The number of rotatable bonds is 6. The first-order valence-electron chi connectivity index (χ1n) is 4.91. The SMILES string of the molecule is O=C(O)C(CCS(=O)c1ccccc1)C(=O)O. The molecule has 0 heterocycles. The summed E-state index contributed by atoms with van der Waals surface area (Å²) in [4.78, 5) is 21.8. The molecule has 0 aromatic heterocycles. The molecule has 17 heavy (non-hydrogen) atoms. The van der Waals surface area contributed by atoms with Crippen LogP contribution in [0.25, 0.3) is 0 Å². The highest BCUT2D eigenvalue weighted by atomic mass is 32.2. The zero-order valence-corrected chi connectivity index (χ0v) is 9.72. The molecule has 2 N–H and O–H groups in total. The third-order valence-corrected chi connectivity index (χ3v) is 3.60. The van der Waals surface area contributed by atoms with Crippen LogP contribution in [-0.2, 0) is 20.4 Å². The van der Waals surface area contributed by atoms with Crippen molar-refractivity contribution in [3.05, 3.63) is 30.3 Å². The first kappa shape index (κ1) is 13.4. The van der Waals surface area contributed by atoms with Crippen LogP contribution in [0.1, 0.15) is 6.42 Å². The average Bonchev–Trinajstić information content (AvgIpc) is 2.29. The van der Waals surface area contributed by atoms with Crippen molar-refractivity contribution in [1.29, 1.82) is 0 Å². The summed E-state index contributed by atoms with van der Waals surface area (Å²) in [6.07, 6.45) is -0.147. The normalized spacial score (nSPS) is 12.3. The molecule has 1 aromatic carbocycles. The number of carboxylic acid groups (broad SMARTS) is 2. The van der Waals surface area contributed by atoms with Crippen molar-refractivity contribution < 1.29 is 24.0 Å². The second-order valence-electron chi connectivity index (χ2n) is 3.38. The Kier molecular flexibility index (Phi) is 4.84. The van der Waals surface area contributed by atoms with Gasteiger partial charge in [-0.2, -0.15) is 0 Å².